The second-order valence-electron chi connectivity index (χ2n) is 6.88. The Morgan fingerprint density at radius 3 is 3.00 bits per heavy atom. The number of urea groups is 1. The van der Waals surface area contributed by atoms with Crippen LogP contribution in [0.1, 0.15) is 31.2 Å². The minimum absolute atomic E-state index is 0.00183. The van der Waals surface area contributed by atoms with Crippen LogP contribution >= 0.6 is 0 Å². The predicted molar refractivity (Wildman–Crippen MR) is 88.5 cm³/mol. The van der Waals surface area contributed by atoms with E-state index in [1.165, 1.54) is 0 Å². The zero-order chi connectivity index (χ0) is 16.4. The number of rotatable bonds is 3. The topological polar surface area (TPSA) is 54.9 Å². The molecule has 3 fully saturated rings. The molecule has 0 unspecified atom stereocenters. The third-order valence-corrected chi connectivity index (χ3v) is 5.29. The number of carbonyl (C=O) groups excluding carboxylic acids is 1. The molecule has 6 heteroatoms. The van der Waals surface area contributed by atoms with Crippen molar-refractivity contribution in [2.75, 3.05) is 26.2 Å². The van der Waals surface area contributed by atoms with Crippen LogP contribution < -0.4 is 0 Å². The molecule has 0 radical (unpaired) electrons. The van der Waals surface area contributed by atoms with E-state index in [0.29, 0.717) is 13.2 Å². The van der Waals surface area contributed by atoms with Crippen LogP contribution in [0.3, 0.4) is 0 Å². The highest BCUT2D eigenvalue weighted by molar-refractivity contribution is 5.75. The van der Waals surface area contributed by atoms with Crippen molar-refractivity contribution in [2.24, 2.45) is 0 Å². The highest BCUT2D eigenvalue weighted by atomic mass is 16.5. The molecule has 4 rings (SSSR count). The smallest absolute Gasteiger partial charge is 0.320 e. The van der Waals surface area contributed by atoms with Crippen molar-refractivity contribution in [3.63, 3.8) is 0 Å². The molecule has 130 valence electrons. The zero-order valence-corrected chi connectivity index (χ0v) is 14.0. The summed E-state index contributed by atoms with van der Waals surface area (Å²) in [6.45, 7) is 3.67. The van der Waals surface area contributed by atoms with E-state index >= 15 is 0 Å². The molecule has 3 atom stereocenters. The van der Waals surface area contributed by atoms with Gasteiger partial charge >= 0.3 is 6.03 Å². The Morgan fingerprint density at radius 2 is 2.21 bits per heavy atom. The van der Waals surface area contributed by atoms with E-state index in [0.717, 1.165) is 50.9 Å². The summed E-state index contributed by atoms with van der Waals surface area (Å²) in [5.74, 6) is 0. The van der Waals surface area contributed by atoms with Crippen LogP contribution in [0, 0.1) is 0 Å². The maximum atomic E-state index is 12.9. The minimum atomic E-state index is -0.0536. The molecule has 3 aliphatic rings. The van der Waals surface area contributed by atoms with Crippen molar-refractivity contribution in [1.82, 2.24) is 14.8 Å². The van der Waals surface area contributed by atoms with Gasteiger partial charge in [-0.05, 0) is 37.3 Å². The normalized spacial score (nSPS) is 29.8. The highest BCUT2D eigenvalue weighted by Gasteiger charge is 2.47. The largest absolute Gasteiger partial charge is 0.373 e. The average Bonchev–Trinajstić information content (AvgIpc) is 3.29. The van der Waals surface area contributed by atoms with Gasteiger partial charge in [0.05, 0.1) is 19.2 Å². The van der Waals surface area contributed by atoms with Gasteiger partial charge in [0.2, 0.25) is 0 Å². The van der Waals surface area contributed by atoms with Gasteiger partial charge in [-0.25, -0.2) is 4.79 Å². The quantitative estimate of drug-likeness (QED) is 0.851. The molecule has 1 aromatic rings. The summed E-state index contributed by atoms with van der Waals surface area (Å²) in [4.78, 5) is 21.0. The summed E-state index contributed by atoms with van der Waals surface area (Å²) < 4.78 is 12.1. The number of pyridine rings is 1. The number of amides is 2. The third-order valence-electron chi connectivity index (χ3n) is 5.29. The summed E-state index contributed by atoms with van der Waals surface area (Å²) in [6.07, 6.45) is 7.79. The van der Waals surface area contributed by atoms with Gasteiger partial charge in [-0.3, -0.25) is 4.98 Å². The molecular formula is C18H25N3O3. The van der Waals surface area contributed by atoms with E-state index in [1.54, 1.807) is 6.20 Å². The average molecular weight is 331 g/mol. The maximum absolute atomic E-state index is 12.9. The summed E-state index contributed by atoms with van der Waals surface area (Å²) in [7, 11) is 0. The first-order valence-corrected chi connectivity index (χ1v) is 9.00. The first kappa shape index (κ1) is 15.8. The molecule has 3 saturated heterocycles. The van der Waals surface area contributed by atoms with Crippen molar-refractivity contribution < 1.29 is 14.3 Å². The second-order valence-corrected chi connectivity index (χ2v) is 6.88. The molecule has 3 aliphatic heterocycles. The Balaban J connectivity index is 1.43. The van der Waals surface area contributed by atoms with Gasteiger partial charge in [-0.15, -0.1) is 0 Å². The van der Waals surface area contributed by atoms with E-state index in [2.05, 4.69) is 4.98 Å². The lowest BCUT2D eigenvalue weighted by atomic mass is 10.0. The number of aromatic nitrogens is 1. The fourth-order valence-electron chi connectivity index (χ4n) is 4.05. The molecule has 4 heterocycles. The zero-order valence-electron chi connectivity index (χ0n) is 14.0. The molecule has 0 N–H and O–H groups in total. The van der Waals surface area contributed by atoms with Crippen molar-refractivity contribution in [2.45, 2.75) is 50.5 Å². The summed E-state index contributed by atoms with van der Waals surface area (Å²) >= 11 is 0. The monoisotopic (exact) mass is 331 g/mol. The van der Waals surface area contributed by atoms with Crippen LogP contribution in [0.25, 0.3) is 0 Å². The van der Waals surface area contributed by atoms with Crippen LogP contribution in [0.2, 0.25) is 0 Å². The van der Waals surface area contributed by atoms with Gasteiger partial charge in [0.1, 0.15) is 12.2 Å². The van der Waals surface area contributed by atoms with E-state index in [-0.39, 0.29) is 24.3 Å². The second kappa shape index (κ2) is 7.07. The molecule has 2 amide bonds. The Bertz CT molecular complexity index is 562. The number of carbonyl (C=O) groups is 1. The van der Waals surface area contributed by atoms with E-state index in [1.807, 2.05) is 28.1 Å². The summed E-state index contributed by atoms with van der Waals surface area (Å²) in [5, 5.41) is 0. The third kappa shape index (κ3) is 3.13. The van der Waals surface area contributed by atoms with Gasteiger partial charge < -0.3 is 19.3 Å². The van der Waals surface area contributed by atoms with Crippen LogP contribution in [-0.4, -0.2) is 65.3 Å². The lowest BCUT2D eigenvalue weighted by Crippen LogP contribution is -2.48. The SMILES string of the molecule is O=C(N1CCCC1)N1C[C@@H](OCc2cccnc2)[C@H]2OCCC[C@H]21. The van der Waals surface area contributed by atoms with E-state index in [9.17, 15) is 4.79 Å². The van der Waals surface area contributed by atoms with Gasteiger partial charge in [-0.1, -0.05) is 6.07 Å². The molecule has 1 aromatic heterocycles. The van der Waals surface area contributed by atoms with Gasteiger partial charge in [0.15, 0.2) is 0 Å². The van der Waals surface area contributed by atoms with Gasteiger partial charge in [-0.2, -0.15) is 0 Å². The number of hydrogen-bond donors (Lipinski definition) is 0. The Labute approximate surface area is 142 Å². The maximum Gasteiger partial charge on any atom is 0.320 e. The van der Waals surface area contributed by atoms with Crippen molar-refractivity contribution in [3.8, 4) is 0 Å². The standard InChI is InChI=1S/C18H25N3O3/c22-18(20-8-1-2-9-20)21-12-16(17-15(21)6-4-10-23-17)24-13-14-5-3-7-19-11-14/h3,5,7,11,15-17H,1-2,4,6,8-10,12-13H2/t15-,16-,17+/m1/s1. The number of hydrogen-bond acceptors (Lipinski definition) is 4. The van der Waals surface area contributed by atoms with Crippen molar-refractivity contribution in [1.29, 1.82) is 0 Å². The highest BCUT2D eigenvalue weighted by Crippen LogP contribution is 2.32. The van der Waals surface area contributed by atoms with Gasteiger partial charge in [0.25, 0.3) is 0 Å². The van der Waals surface area contributed by atoms with E-state index < -0.39 is 0 Å². The number of ether oxygens (including phenoxy) is 2. The van der Waals surface area contributed by atoms with Crippen molar-refractivity contribution in [3.05, 3.63) is 30.1 Å². The molecule has 0 saturated carbocycles. The molecular weight excluding hydrogens is 306 g/mol. The minimum Gasteiger partial charge on any atom is -0.373 e. The molecule has 0 aromatic carbocycles. The van der Waals surface area contributed by atoms with Crippen LogP contribution in [0.5, 0.6) is 0 Å². The predicted octanol–water partition coefficient (Wildman–Crippen LogP) is 2.05. The first-order chi connectivity index (χ1) is 11.8. The Hall–Kier alpha value is -1.66. The summed E-state index contributed by atoms with van der Waals surface area (Å²) in [5.41, 5.74) is 1.05. The van der Waals surface area contributed by atoms with Crippen LogP contribution in [-0.2, 0) is 16.1 Å². The molecule has 0 spiro atoms. The van der Waals surface area contributed by atoms with Crippen molar-refractivity contribution >= 4 is 6.03 Å². The summed E-state index contributed by atoms with van der Waals surface area (Å²) in [6, 6.07) is 4.25. The number of likely N-dealkylation sites (tertiary alicyclic amines) is 2. The Morgan fingerprint density at radius 1 is 1.33 bits per heavy atom. The van der Waals surface area contributed by atoms with Crippen LogP contribution in [0.4, 0.5) is 4.79 Å². The number of nitrogens with zero attached hydrogens (tertiary/aromatic N) is 3. The first-order valence-electron chi connectivity index (χ1n) is 9.00. The molecule has 0 aliphatic carbocycles. The van der Waals surface area contributed by atoms with E-state index in [4.69, 9.17) is 9.47 Å². The van der Waals surface area contributed by atoms with Crippen LogP contribution in [0.15, 0.2) is 24.5 Å². The fourth-order valence-corrected chi connectivity index (χ4v) is 4.05. The van der Waals surface area contributed by atoms with Gasteiger partial charge in [0, 0.05) is 32.1 Å². The molecule has 0 bridgehead atoms. The lowest BCUT2D eigenvalue weighted by Gasteiger charge is -2.34. The number of fused-ring (bicyclic) bond motifs is 1. The Kier molecular flexibility index (Phi) is 4.67. The molecule has 24 heavy (non-hydrogen) atoms. The lowest BCUT2D eigenvalue weighted by molar-refractivity contribution is -0.0809. The fraction of sp³-hybridized carbons (Fsp3) is 0.667. The molecule has 6 nitrogen and oxygen atoms in total.